The van der Waals surface area contributed by atoms with Crippen molar-refractivity contribution >= 4 is 34.9 Å². The van der Waals surface area contributed by atoms with E-state index >= 15 is 0 Å². The van der Waals surface area contributed by atoms with E-state index in [1.54, 1.807) is 60.9 Å². The average Bonchev–Trinajstić information content (AvgIpc) is 3.20. The Morgan fingerprint density at radius 2 is 1.93 bits per heavy atom. The van der Waals surface area contributed by atoms with E-state index in [1.807, 2.05) is 6.07 Å². The molecule has 6 nitrogen and oxygen atoms in total. The minimum Gasteiger partial charge on any atom is -0.467 e. The summed E-state index contributed by atoms with van der Waals surface area (Å²) < 4.78 is 10.6. The first-order chi connectivity index (χ1) is 13.5. The number of furan rings is 1. The second-order valence-corrected chi connectivity index (χ2v) is 6.46. The highest BCUT2D eigenvalue weighted by Gasteiger charge is 2.21. The smallest absolute Gasteiger partial charge is 0.341 e. The van der Waals surface area contributed by atoms with Gasteiger partial charge in [0, 0.05) is 16.4 Å². The first-order valence-corrected chi connectivity index (χ1v) is 9.03. The van der Waals surface area contributed by atoms with Gasteiger partial charge in [0.1, 0.15) is 5.76 Å². The first-order valence-electron chi connectivity index (χ1n) is 8.65. The van der Waals surface area contributed by atoms with Crippen molar-refractivity contribution in [2.24, 2.45) is 0 Å². The number of anilines is 2. The fourth-order valence-corrected chi connectivity index (χ4v) is 2.69. The molecule has 3 rings (SSSR count). The lowest BCUT2D eigenvalue weighted by Crippen LogP contribution is -2.30. The van der Waals surface area contributed by atoms with Crippen molar-refractivity contribution in [3.63, 3.8) is 0 Å². The fourth-order valence-electron chi connectivity index (χ4n) is 2.50. The zero-order valence-electron chi connectivity index (χ0n) is 15.1. The Morgan fingerprint density at radius 1 is 1.11 bits per heavy atom. The molecule has 0 fully saturated rings. The highest BCUT2D eigenvalue weighted by Crippen LogP contribution is 2.19. The molecule has 2 aromatic carbocycles. The molecule has 1 atom stereocenters. The second kappa shape index (κ2) is 9.10. The average molecular weight is 399 g/mol. The number of carbonyl (C=O) groups is 2. The van der Waals surface area contributed by atoms with Crippen molar-refractivity contribution in [2.75, 3.05) is 10.6 Å². The van der Waals surface area contributed by atoms with E-state index in [4.69, 9.17) is 20.8 Å². The first kappa shape index (κ1) is 19.5. The predicted molar refractivity (Wildman–Crippen MR) is 107 cm³/mol. The normalized spacial score (nSPS) is 11.5. The van der Waals surface area contributed by atoms with E-state index < -0.39 is 18.0 Å². The maximum atomic E-state index is 12.6. The lowest BCUT2D eigenvalue weighted by atomic mass is 10.1. The Hall–Kier alpha value is -3.25. The Balaban J connectivity index is 1.62. The third-order valence-electron chi connectivity index (χ3n) is 3.93. The molecule has 1 amide bonds. The molecule has 0 radical (unpaired) electrons. The molecule has 0 unspecified atom stereocenters. The number of halogens is 1. The number of para-hydroxylation sites is 1. The summed E-state index contributed by atoms with van der Waals surface area (Å²) in [6.07, 6.45) is 0.599. The third-order valence-corrected chi connectivity index (χ3v) is 4.16. The van der Waals surface area contributed by atoms with Crippen LogP contribution in [0.15, 0.2) is 71.3 Å². The number of carbonyl (C=O) groups excluding carboxylic acids is 2. The van der Waals surface area contributed by atoms with Gasteiger partial charge in [0.05, 0.1) is 18.4 Å². The van der Waals surface area contributed by atoms with Gasteiger partial charge in [0.25, 0.3) is 5.91 Å². The van der Waals surface area contributed by atoms with E-state index in [-0.39, 0.29) is 0 Å². The predicted octanol–water partition coefficient (Wildman–Crippen LogP) is 4.73. The molecule has 7 heteroatoms. The van der Waals surface area contributed by atoms with E-state index in [9.17, 15) is 9.59 Å². The largest absolute Gasteiger partial charge is 0.467 e. The molecule has 0 spiro atoms. The number of nitrogens with one attached hydrogen (secondary N) is 2. The summed E-state index contributed by atoms with van der Waals surface area (Å²) in [6, 6.07) is 17.3. The molecule has 1 aromatic heterocycles. The summed E-state index contributed by atoms with van der Waals surface area (Å²) >= 11 is 5.91. The van der Waals surface area contributed by atoms with Crippen molar-refractivity contribution in [1.82, 2.24) is 0 Å². The number of rotatable bonds is 7. The lowest BCUT2D eigenvalue weighted by molar-refractivity contribution is -0.123. The van der Waals surface area contributed by atoms with Gasteiger partial charge in [-0.1, -0.05) is 29.8 Å². The standard InChI is InChI=1S/C21H19ClN2O4/c1-14(20(25)24-16-7-4-6-15(22)12-16)28-21(26)18-9-2-3-10-19(18)23-13-17-8-5-11-27-17/h2-12,14,23H,13H2,1H3,(H,24,25)/t14-/m1/s1. The minimum atomic E-state index is -0.982. The van der Waals surface area contributed by atoms with E-state index in [0.29, 0.717) is 28.5 Å². The zero-order chi connectivity index (χ0) is 19.9. The van der Waals surface area contributed by atoms with Gasteiger partial charge < -0.3 is 19.8 Å². The molecule has 0 aliphatic rings. The van der Waals surface area contributed by atoms with E-state index in [1.165, 1.54) is 6.92 Å². The van der Waals surface area contributed by atoms with E-state index in [0.717, 1.165) is 5.76 Å². The van der Waals surface area contributed by atoms with Crippen LogP contribution in [0, 0.1) is 0 Å². The minimum absolute atomic E-state index is 0.330. The van der Waals surface area contributed by atoms with Gasteiger partial charge >= 0.3 is 5.97 Å². The van der Waals surface area contributed by atoms with Crippen LogP contribution in [0.25, 0.3) is 0 Å². The molecule has 0 saturated carbocycles. The van der Waals surface area contributed by atoms with Crippen LogP contribution in [0.1, 0.15) is 23.0 Å². The van der Waals surface area contributed by atoms with Crippen LogP contribution in [0.4, 0.5) is 11.4 Å². The maximum absolute atomic E-state index is 12.6. The molecule has 2 N–H and O–H groups in total. The summed E-state index contributed by atoms with van der Waals surface area (Å²) in [7, 11) is 0. The van der Waals surface area contributed by atoms with Gasteiger partial charge in [-0.2, -0.15) is 0 Å². The lowest BCUT2D eigenvalue weighted by Gasteiger charge is -2.15. The Kier molecular flexibility index (Phi) is 6.34. The number of hydrogen-bond donors (Lipinski definition) is 2. The van der Waals surface area contributed by atoms with Crippen molar-refractivity contribution in [3.05, 3.63) is 83.3 Å². The van der Waals surface area contributed by atoms with Crippen molar-refractivity contribution in [3.8, 4) is 0 Å². The van der Waals surface area contributed by atoms with Gasteiger partial charge in [0.15, 0.2) is 6.10 Å². The molecule has 0 bridgehead atoms. The fraction of sp³-hybridized carbons (Fsp3) is 0.143. The SMILES string of the molecule is C[C@@H](OC(=O)c1ccccc1NCc1ccco1)C(=O)Nc1cccc(Cl)c1. The topological polar surface area (TPSA) is 80.6 Å². The summed E-state index contributed by atoms with van der Waals surface area (Å²) in [5, 5.41) is 6.30. The maximum Gasteiger partial charge on any atom is 0.341 e. The third kappa shape index (κ3) is 5.14. The molecule has 28 heavy (non-hydrogen) atoms. The van der Waals surface area contributed by atoms with Gasteiger partial charge in [-0.05, 0) is 49.4 Å². The summed E-state index contributed by atoms with van der Waals surface area (Å²) in [5.41, 5.74) is 1.45. The number of hydrogen-bond acceptors (Lipinski definition) is 5. The van der Waals surface area contributed by atoms with Crippen LogP contribution in [0.2, 0.25) is 5.02 Å². The number of ether oxygens (including phenoxy) is 1. The zero-order valence-corrected chi connectivity index (χ0v) is 15.9. The van der Waals surface area contributed by atoms with Gasteiger partial charge in [-0.3, -0.25) is 4.79 Å². The van der Waals surface area contributed by atoms with Crippen LogP contribution >= 0.6 is 11.6 Å². The van der Waals surface area contributed by atoms with Crippen LogP contribution in [0.3, 0.4) is 0 Å². The summed E-state index contributed by atoms with van der Waals surface area (Å²) in [6.45, 7) is 1.93. The van der Waals surface area contributed by atoms with Crippen LogP contribution < -0.4 is 10.6 Å². The van der Waals surface area contributed by atoms with Crippen LogP contribution in [0.5, 0.6) is 0 Å². The molecule has 0 aliphatic carbocycles. The molecule has 144 valence electrons. The molecule has 1 heterocycles. The second-order valence-electron chi connectivity index (χ2n) is 6.03. The number of benzene rings is 2. The molecule has 3 aromatic rings. The monoisotopic (exact) mass is 398 g/mol. The summed E-state index contributed by atoms with van der Waals surface area (Å²) in [5.74, 6) is -0.314. The van der Waals surface area contributed by atoms with Crippen molar-refractivity contribution < 1.29 is 18.7 Å². The van der Waals surface area contributed by atoms with Crippen molar-refractivity contribution in [2.45, 2.75) is 19.6 Å². The molecule has 0 saturated heterocycles. The molecular weight excluding hydrogens is 380 g/mol. The highest BCUT2D eigenvalue weighted by molar-refractivity contribution is 6.30. The quantitative estimate of drug-likeness (QED) is 0.562. The van der Waals surface area contributed by atoms with Crippen LogP contribution in [-0.2, 0) is 16.1 Å². The number of esters is 1. The van der Waals surface area contributed by atoms with Crippen LogP contribution in [-0.4, -0.2) is 18.0 Å². The Bertz CT molecular complexity index is 957. The van der Waals surface area contributed by atoms with Gasteiger partial charge in [-0.15, -0.1) is 0 Å². The van der Waals surface area contributed by atoms with Crippen molar-refractivity contribution in [1.29, 1.82) is 0 Å². The van der Waals surface area contributed by atoms with Gasteiger partial charge in [0.2, 0.25) is 0 Å². The Labute approximate surface area is 167 Å². The highest BCUT2D eigenvalue weighted by atomic mass is 35.5. The Morgan fingerprint density at radius 3 is 2.68 bits per heavy atom. The molecule has 0 aliphatic heterocycles. The van der Waals surface area contributed by atoms with Gasteiger partial charge in [-0.25, -0.2) is 4.79 Å². The summed E-state index contributed by atoms with van der Waals surface area (Å²) in [4.78, 5) is 24.9. The van der Waals surface area contributed by atoms with E-state index in [2.05, 4.69) is 10.6 Å². The molecular formula is C21H19ClN2O4. The number of amides is 1.